The second-order valence-corrected chi connectivity index (χ2v) is 9.31. The predicted molar refractivity (Wildman–Crippen MR) is 111 cm³/mol. The molecule has 1 aromatic rings. The normalized spacial score (nSPS) is 32.5. The molecule has 4 aliphatic rings. The van der Waals surface area contributed by atoms with E-state index >= 15 is 0 Å². The molecular weight excluding hydrogens is 380 g/mol. The molecule has 5 rings (SSSR count). The lowest BCUT2D eigenvalue weighted by molar-refractivity contribution is -0.165. The minimum absolute atomic E-state index is 0.146. The smallest absolute Gasteiger partial charge is 0.245 e. The molecule has 2 amide bonds. The number of likely N-dealkylation sites (tertiary alicyclic amines) is 1. The monoisotopic (exact) mass is 412 g/mol. The van der Waals surface area contributed by atoms with Gasteiger partial charge in [-0.15, -0.1) is 0 Å². The average molecular weight is 413 g/mol. The van der Waals surface area contributed by atoms with Crippen LogP contribution in [0.3, 0.4) is 0 Å². The van der Waals surface area contributed by atoms with Gasteiger partial charge in [0, 0.05) is 70.1 Å². The van der Waals surface area contributed by atoms with Crippen molar-refractivity contribution in [3.63, 3.8) is 0 Å². The molecule has 0 unspecified atom stereocenters. The zero-order chi connectivity index (χ0) is 20.5. The van der Waals surface area contributed by atoms with Gasteiger partial charge in [-0.2, -0.15) is 0 Å². The lowest BCUT2D eigenvalue weighted by Crippen LogP contribution is -2.68. The molecule has 0 N–H and O–H groups in total. The van der Waals surface area contributed by atoms with Crippen LogP contribution in [0.25, 0.3) is 0 Å². The highest BCUT2D eigenvalue weighted by Gasteiger charge is 2.52. The molecule has 0 radical (unpaired) electrons. The van der Waals surface area contributed by atoms with Gasteiger partial charge in [-0.25, -0.2) is 0 Å². The van der Waals surface area contributed by atoms with E-state index in [1.54, 1.807) is 6.20 Å². The summed E-state index contributed by atoms with van der Waals surface area (Å²) in [5.41, 5.74) is 1.21. The Labute approximate surface area is 178 Å². The predicted octanol–water partition coefficient (Wildman–Crippen LogP) is 1.53. The van der Waals surface area contributed by atoms with Crippen molar-refractivity contribution in [2.45, 2.75) is 50.7 Å². The molecule has 7 heteroatoms. The fourth-order valence-electron chi connectivity index (χ4n) is 6.10. The van der Waals surface area contributed by atoms with Crippen molar-refractivity contribution < 1.29 is 14.3 Å². The number of pyridine rings is 1. The number of amides is 2. The van der Waals surface area contributed by atoms with Crippen LogP contribution in [0.2, 0.25) is 0 Å². The summed E-state index contributed by atoms with van der Waals surface area (Å²) in [4.78, 5) is 37.4. The molecule has 7 nitrogen and oxygen atoms in total. The molecule has 1 aromatic heterocycles. The van der Waals surface area contributed by atoms with Crippen molar-refractivity contribution in [1.29, 1.82) is 0 Å². The molecule has 30 heavy (non-hydrogen) atoms. The topological polar surface area (TPSA) is 66.0 Å². The van der Waals surface area contributed by atoms with Crippen LogP contribution in [-0.4, -0.2) is 83.0 Å². The van der Waals surface area contributed by atoms with E-state index in [4.69, 9.17) is 4.74 Å². The van der Waals surface area contributed by atoms with Crippen molar-refractivity contribution in [2.24, 2.45) is 11.8 Å². The third-order valence-corrected chi connectivity index (χ3v) is 7.33. The number of carbonyl (C=O) groups excluding carboxylic acids is 2. The molecule has 2 bridgehead atoms. The molecule has 4 aliphatic heterocycles. The Morgan fingerprint density at radius 2 is 2.07 bits per heavy atom. The molecular formula is C23H32N4O3. The Morgan fingerprint density at radius 3 is 2.93 bits per heavy atom. The molecule has 4 atom stereocenters. The van der Waals surface area contributed by atoms with E-state index in [0.717, 1.165) is 51.9 Å². The van der Waals surface area contributed by atoms with Crippen LogP contribution < -0.4 is 0 Å². The first-order valence-electron chi connectivity index (χ1n) is 11.5. The van der Waals surface area contributed by atoms with E-state index in [1.807, 2.05) is 22.1 Å². The van der Waals surface area contributed by atoms with Gasteiger partial charge >= 0.3 is 0 Å². The number of piperidine rings is 3. The van der Waals surface area contributed by atoms with Gasteiger partial charge in [-0.3, -0.25) is 19.5 Å². The first-order valence-corrected chi connectivity index (χ1v) is 11.5. The van der Waals surface area contributed by atoms with Crippen LogP contribution >= 0.6 is 0 Å². The zero-order valence-corrected chi connectivity index (χ0v) is 17.6. The maximum Gasteiger partial charge on any atom is 0.245 e. The maximum absolute atomic E-state index is 13.7. The molecule has 4 fully saturated rings. The third kappa shape index (κ3) is 3.85. The van der Waals surface area contributed by atoms with Gasteiger partial charge in [-0.05, 0) is 43.2 Å². The highest BCUT2D eigenvalue weighted by molar-refractivity contribution is 5.89. The van der Waals surface area contributed by atoms with Crippen LogP contribution in [0, 0.1) is 11.8 Å². The van der Waals surface area contributed by atoms with E-state index in [9.17, 15) is 9.59 Å². The summed E-state index contributed by atoms with van der Waals surface area (Å²) in [7, 11) is 0. The van der Waals surface area contributed by atoms with Crippen molar-refractivity contribution in [3.05, 3.63) is 30.1 Å². The van der Waals surface area contributed by atoms with E-state index in [1.165, 1.54) is 5.56 Å². The summed E-state index contributed by atoms with van der Waals surface area (Å²) in [6, 6.07) is 3.99. The summed E-state index contributed by atoms with van der Waals surface area (Å²) in [5.74, 6) is 0.995. The van der Waals surface area contributed by atoms with Crippen molar-refractivity contribution in [1.82, 2.24) is 19.7 Å². The minimum atomic E-state index is -0.311. The number of carbonyl (C=O) groups is 2. The van der Waals surface area contributed by atoms with E-state index in [2.05, 4.69) is 16.0 Å². The van der Waals surface area contributed by atoms with Gasteiger partial charge in [0.2, 0.25) is 11.8 Å². The number of hydrogen-bond acceptors (Lipinski definition) is 5. The van der Waals surface area contributed by atoms with Crippen LogP contribution in [0.1, 0.15) is 37.7 Å². The molecule has 5 heterocycles. The van der Waals surface area contributed by atoms with Crippen molar-refractivity contribution in [2.75, 3.05) is 39.4 Å². The summed E-state index contributed by atoms with van der Waals surface area (Å²) < 4.78 is 5.57. The van der Waals surface area contributed by atoms with Gasteiger partial charge in [0.15, 0.2) is 0 Å². The number of ether oxygens (including phenoxy) is 1. The highest BCUT2D eigenvalue weighted by atomic mass is 16.5. The van der Waals surface area contributed by atoms with Crippen molar-refractivity contribution in [3.8, 4) is 0 Å². The SMILES string of the molecule is O=C([C@H]1[C@@H]2C[C@@H](CN(Cc3cccnc3)C2)[C@@H]2CCCC(=O)N21)N1CCCOCC1. The fourth-order valence-corrected chi connectivity index (χ4v) is 6.10. The summed E-state index contributed by atoms with van der Waals surface area (Å²) in [5, 5.41) is 0. The standard InChI is InChI=1S/C23H32N4O3/c28-21-6-1-5-20-18-12-19(16-25(15-18)14-17-4-2-7-24-13-17)22(27(20)21)23(29)26-8-3-10-30-11-9-26/h2,4,7,13,18-20,22H,1,3,5-6,8-12,14-16H2/t18-,19+,20-,22+/m0/s1. The second-order valence-electron chi connectivity index (χ2n) is 9.31. The maximum atomic E-state index is 13.7. The molecule has 0 saturated carbocycles. The number of fused-ring (bicyclic) bond motifs is 4. The van der Waals surface area contributed by atoms with Crippen LogP contribution in [-0.2, 0) is 20.9 Å². The van der Waals surface area contributed by atoms with E-state index < -0.39 is 0 Å². The average Bonchev–Trinajstić information content (AvgIpc) is 3.05. The van der Waals surface area contributed by atoms with E-state index in [-0.39, 0.29) is 29.8 Å². The van der Waals surface area contributed by atoms with Gasteiger partial charge < -0.3 is 14.5 Å². The van der Waals surface area contributed by atoms with Gasteiger partial charge in [0.05, 0.1) is 6.61 Å². The molecule has 0 spiro atoms. The first-order chi connectivity index (χ1) is 14.7. The van der Waals surface area contributed by atoms with Crippen LogP contribution in [0.15, 0.2) is 24.5 Å². The fraction of sp³-hybridized carbons (Fsp3) is 0.696. The van der Waals surface area contributed by atoms with Gasteiger partial charge in [-0.1, -0.05) is 6.07 Å². The quantitative estimate of drug-likeness (QED) is 0.753. The Hall–Kier alpha value is -1.99. The molecule has 162 valence electrons. The van der Waals surface area contributed by atoms with Crippen molar-refractivity contribution >= 4 is 11.8 Å². The molecule has 0 aliphatic carbocycles. The number of hydrogen-bond donors (Lipinski definition) is 0. The number of aromatic nitrogens is 1. The molecule has 0 aromatic carbocycles. The Balaban J connectivity index is 1.40. The van der Waals surface area contributed by atoms with Crippen LogP contribution in [0.4, 0.5) is 0 Å². The highest BCUT2D eigenvalue weighted by Crippen LogP contribution is 2.42. The largest absolute Gasteiger partial charge is 0.380 e. The number of nitrogens with zero attached hydrogens (tertiary/aromatic N) is 4. The lowest BCUT2D eigenvalue weighted by Gasteiger charge is -2.56. The Bertz CT molecular complexity index is 765. The minimum Gasteiger partial charge on any atom is -0.380 e. The number of rotatable bonds is 3. The summed E-state index contributed by atoms with van der Waals surface area (Å²) >= 11 is 0. The Morgan fingerprint density at radius 1 is 1.17 bits per heavy atom. The lowest BCUT2D eigenvalue weighted by atomic mass is 9.71. The van der Waals surface area contributed by atoms with E-state index in [0.29, 0.717) is 32.1 Å². The summed E-state index contributed by atoms with van der Waals surface area (Å²) in [6.45, 7) is 5.40. The first kappa shape index (κ1) is 19.9. The third-order valence-electron chi connectivity index (χ3n) is 7.33. The van der Waals surface area contributed by atoms with Crippen LogP contribution in [0.5, 0.6) is 0 Å². The van der Waals surface area contributed by atoms with Gasteiger partial charge in [0.25, 0.3) is 0 Å². The summed E-state index contributed by atoms with van der Waals surface area (Å²) in [6.07, 6.45) is 8.22. The van der Waals surface area contributed by atoms with Gasteiger partial charge in [0.1, 0.15) is 6.04 Å². The molecule has 4 saturated heterocycles. The second kappa shape index (κ2) is 8.63. The Kier molecular flexibility index (Phi) is 5.74. The zero-order valence-electron chi connectivity index (χ0n) is 17.6.